The van der Waals surface area contributed by atoms with Crippen LogP contribution in [-0.4, -0.2) is 55.3 Å². The Morgan fingerprint density at radius 3 is 2.50 bits per heavy atom. The second kappa shape index (κ2) is 8.40. The van der Waals surface area contributed by atoms with Crippen molar-refractivity contribution < 1.29 is 19.6 Å². The molecule has 142 valence electrons. The molecule has 4 N–H and O–H groups in total. The summed E-state index contributed by atoms with van der Waals surface area (Å²) >= 11 is 0. The SMILES string of the molecule is C[C@@H](C(=O)NC(=O)NC1CCCC1)[NH+]1CCN(c2ccccc2O)CC1. The van der Waals surface area contributed by atoms with E-state index in [9.17, 15) is 14.7 Å². The number of anilines is 1. The van der Waals surface area contributed by atoms with Crippen LogP contribution in [0.4, 0.5) is 10.5 Å². The van der Waals surface area contributed by atoms with Crippen molar-refractivity contribution in [3.63, 3.8) is 0 Å². The summed E-state index contributed by atoms with van der Waals surface area (Å²) in [6.07, 6.45) is 4.27. The van der Waals surface area contributed by atoms with Crippen LogP contribution in [0.1, 0.15) is 32.6 Å². The highest BCUT2D eigenvalue weighted by atomic mass is 16.3. The largest absolute Gasteiger partial charge is 0.506 e. The average molecular weight is 361 g/mol. The van der Waals surface area contributed by atoms with Gasteiger partial charge in [-0.05, 0) is 31.9 Å². The molecule has 1 atom stereocenters. The van der Waals surface area contributed by atoms with Gasteiger partial charge in [-0.3, -0.25) is 10.1 Å². The third-order valence-corrected chi connectivity index (χ3v) is 5.56. The van der Waals surface area contributed by atoms with Gasteiger partial charge in [-0.15, -0.1) is 0 Å². The summed E-state index contributed by atoms with van der Waals surface area (Å²) in [6.45, 7) is 4.96. The van der Waals surface area contributed by atoms with Gasteiger partial charge in [0.25, 0.3) is 5.91 Å². The summed E-state index contributed by atoms with van der Waals surface area (Å²) in [5.74, 6) is 0.0526. The lowest BCUT2D eigenvalue weighted by molar-refractivity contribution is -0.914. The highest BCUT2D eigenvalue weighted by molar-refractivity contribution is 5.96. The Morgan fingerprint density at radius 1 is 1.19 bits per heavy atom. The summed E-state index contributed by atoms with van der Waals surface area (Å²) in [5, 5.41) is 15.4. The molecule has 0 spiro atoms. The molecule has 7 nitrogen and oxygen atoms in total. The molecule has 1 heterocycles. The summed E-state index contributed by atoms with van der Waals surface area (Å²) in [5.41, 5.74) is 0.833. The van der Waals surface area contributed by atoms with E-state index in [1.54, 1.807) is 6.07 Å². The number of imide groups is 1. The number of amides is 3. The fraction of sp³-hybridized carbons (Fsp3) is 0.579. The zero-order valence-electron chi connectivity index (χ0n) is 15.3. The number of phenolic OH excluding ortho intramolecular Hbond substituents is 1. The first kappa shape index (κ1) is 18.5. The van der Waals surface area contributed by atoms with Crippen molar-refractivity contribution in [2.24, 2.45) is 0 Å². The maximum atomic E-state index is 12.4. The molecule has 1 saturated heterocycles. The van der Waals surface area contributed by atoms with E-state index in [-0.39, 0.29) is 29.8 Å². The average Bonchev–Trinajstić information content (AvgIpc) is 3.14. The second-order valence-electron chi connectivity index (χ2n) is 7.30. The number of urea groups is 1. The first-order chi connectivity index (χ1) is 12.5. The van der Waals surface area contributed by atoms with Gasteiger partial charge in [-0.2, -0.15) is 0 Å². The molecule has 0 radical (unpaired) electrons. The van der Waals surface area contributed by atoms with Gasteiger partial charge in [-0.25, -0.2) is 4.79 Å². The van der Waals surface area contributed by atoms with Crippen LogP contribution in [0.25, 0.3) is 0 Å². The smallest absolute Gasteiger partial charge is 0.321 e. The van der Waals surface area contributed by atoms with Crippen LogP contribution in [-0.2, 0) is 4.79 Å². The molecule has 2 aliphatic rings. The number of carbonyl (C=O) groups excluding carboxylic acids is 2. The van der Waals surface area contributed by atoms with E-state index >= 15 is 0 Å². The number of hydrogen-bond donors (Lipinski definition) is 4. The Morgan fingerprint density at radius 2 is 1.85 bits per heavy atom. The number of nitrogens with one attached hydrogen (secondary N) is 3. The molecular weight excluding hydrogens is 332 g/mol. The predicted molar refractivity (Wildman–Crippen MR) is 99.4 cm³/mol. The Bertz CT molecular complexity index is 637. The predicted octanol–water partition coefficient (Wildman–Crippen LogP) is 0.254. The number of hydrogen-bond acceptors (Lipinski definition) is 4. The number of rotatable bonds is 4. The Labute approximate surface area is 154 Å². The van der Waals surface area contributed by atoms with E-state index in [2.05, 4.69) is 15.5 Å². The van der Waals surface area contributed by atoms with Crippen molar-refractivity contribution in [2.45, 2.75) is 44.7 Å². The highest BCUT2D eigenvalue weighted by Gasteiger charge is 2.31. The van der Waals surface area contributed by atoms with Crippen LogP contribution in [0, 0.1) is 0 Å². The van der Waals surface area contributed by atoms with Crippen LogP contribution in [0.2, 0.25) is 0 Å². The van der Waals surface area contributed by atoms with E-state index < -0.39 is 0 Å². The number of para-hydroxylation sites is 2. The molecule has 3 rings (SSSR count). The fourth-order valence-corrected chi connectivity index (χ4v) is 3.90. The number of quaternary nitrogens is 1. The van der Waals surface area contributed by atoms with Gasteiger partial charge >= 0.3 is 6.03 Å². The van der Waals surface area contributed by atoms with E-state index in [4.69, 9.17) is 0 Å². The fourth-order valence-electron chi connectivity index (χ4n) is 3.90. The third kappa shape index (κ3) is 4.46. The minimum atomic E-state index is -0.374. The first-order valence-corrected chi connectivity index (χ1v) is 9.53. The van der Waals surface area contributed by atoms with Crippen LogP contribution >= 0.6 is 0 Å². The molecule has 0 unspecified atom stereocenters. The number of aromatic hydroxyl groups is 1. The molecule has 0 bridgehead atoms. The van der Waals surface area contributed by atoms with Gasteiger partial charge in [0, 0.05) is 6.04 Å². The van der Waals surface area contributed by atoms with Gasteiger partial charge in [0.15, 0.2) is 6.04 Å². The van der Waals surface area contributed by atoms with Crippen molar-refractivity contribution in [3.8, 4) is 5.75 Å². The topological polar surface area (TPSA) is 86.1 Å². The maximum absolute atomic E-state index is 12.4. The number of phenols is 1. The number of nitrogens with zero attached hydrogens (tertiary/aromatic N) is 1. The van der Waals surface area contributed by atoms with Gasteiger partial charge in [0.2, 0.25) is 0 Å². The van der Waals surface area contributed by atoms with E-state index in [1.807, 2.05) is 25.1 Å². The van der Waals surface area contributed by atoms with Crippen LogP contribution in [0.5, 0.6) is 5.75 Å². The standard InChI is InChI=1S/C19H28N4O3/c1-14(18(25)21-19(26)20-15-6-2-3-7-15)22-10-12-23(13-11-22)16-8-4-5-9-17(16)24/h4-5,8-9,14-15,24H,2-3,6-7,10-13H2,1H3,(H2,20,21,25,26)/p+1/t14-/m0/s1. The lowest BCUT2D eigenvalue weighted by Crippen LogP contribution is -3.19. The van der Waals surface area contributed by atoms with Crippen molar-refractivity contribution >= 4 is 17.6 Å². The lowest BCUT2D eigenvalue weighted by atomic mass is 10.2. The second-order valence-corrected chi connectivity index (χ2v) is 7.30. The summed E-state index contributed by atoms with van der Waals surface area (Å²) in [6, 6.07) is 6.86. The number of piperazine rings is 1. The molecule has 26 heavy (non-hydrogen) atoms. The minimum absolute atomic E-state index is 0.201. The molecule has 1 aromatic rings. The monoisotopic (exact) mass is 361 g/mol. The Hall–Kier alpha value is -2.28. The summed E-state index contributed by atoms with van der Waals surface area (Å²) < 4.78 is 0. The molecule has 1 aliphatic carbocycles. The number of benzene rings is 1. The third-order valence-electron chi connectivity index (χ3n) is 5.56. The zero-order chi connectivity index (χ0) is 18.5. The molecule has 3 amide bonds. The molecule has 1 aromatic carbocycles. The van der Waals surface area contributed by atoms with Crippen LogP contribution < -0.4 is 20.4 Å². The van der Waals surface area contributed by atoms with Crippen molar-refractivity contribution in [2.75, 3.05) is 31.1 Å². The van der Waals surface area contributed by atoms with Gasteiger partial charge in [0.1, 0.15) is 5.75 Å². The Balaban J connectivity index is 1.46. The van der Waals surface area contributed by atoms with Crippen molar-refractivity contribution in [3.05, 3.63) is 24.3 Å². The van der Waals surface area contributed by atoms with Gasteiger partial charge < -0.3 is 20.2 Å². The quantitative estimate of drug-likeness (QED) is 0.619. The highest BCUT2D eigenvalue weighted by Crippen LogP contribution is 2.26. The first-order valence-electron chi connectivity index (χ1n) is 9.53. The molecule has 1 saturated carbocycles. The van der Waals surface area contributed by atoms with Crippen LogP contribution in [0.15, 0.2) is 24.3 Å². The normalized spacial score (nSPS) is 20.0. The van der Waals surface area contributed by atoms with E-state index in [0.29, 0.717) is 0 Å². The van der Waals surface area contributed by atoms with E-state index in [1.165, 1.54) is 0 Å². The number of carbonyl (C=O) groups is 2. The molecule has 2 fully saturated rings. The zero-order valence-corrected chi connectivity index (χ0v) is 15.3. The Kier molecular flexibility index (Phi) is 5.98. The summed E-state index contributed by atoms with van der Waals surface area (Å²) in [7, 11) is 0. The maximum Gasteiger partial charge on any atom is 0.321 e. The van der Waals surface area contributed by atoms with E-state index in [0.717, 1.165) is 62.4 Å². The molecular formula is C19H29N4O3+. The van der Waals surface area contributed by atoms with Gasteiger partial charge in [0.05, 0.1) is 31.9 Å². The van der Waals surface area contributed by atoms with Crippen molar-refractivity contribution in [1.82, 2.24) is 10.6 Å². The minimum Gasteiger partial charge on any atom is -0.506 e. The molecule has 7 heteroatoms. The van der Waals surface area contributed by atoms with Crippen molar-refractivity contribution in [1.29, 1.82) is 0 Å². The van der Waals surface area contributed by atoms with Crippen LogP contribution in [0.3, 0.4) is 0 Å². The molecule has 0 aromatic heterocycles. The summed E-state index contributed by atoms with van der Waals surface area (Å²) in [4.78, 5) is 27.7. The molecule has 1 aliphatic heterocycles. The lowest BCUT2D eigenvalue weighted by Gasteiger charge is -2.36. The van der Waals surface area contributed by atoms with Gasteiger partial charge in [-0.1, -0.05) is 25.0 Å².